The zero-order valence-electron chi connectivity index (χ0n) is 15.3. The van der Waals surface area contributed by atoms with Crippen LogP contribution >= 0.6 is 11.6 Å². The van der Waals surface area contributed by atoms with Crippen LogP contribution in [0.5, 0.6) is 5.75 Å². The molecule has 0 atom stereocenters. The van der Waals surface area contributed by atoms with Crippen LogP contribution in [-0.4, -0.2) is 16.7 Å². The van der Waals surface area contributed by atoms with Crippen LogP contribution in [0.1, 0.15) is 18.1 Å². The second-order valence-corrected chi connectivity index (χ2v) is 6.50. The van der Waals surface area contributed by atoms with Crippen molar-refractivity contribution in [2.24, 2.45) is 0 Å². The van der Waals surface area contributed by atoms with Crippen molar-refractivity contribution in [2.45, 2.75) is 19.9 Å². The van der Waals surface area contributed by atoms with Gasteiger partial charge < -0.3 is 14.6 Å². The largest absolute Gasteiger partial charge is 0.490 e. The predicted octanol–water partition coefficient (Wildman–Crippen LogP) is 4.54. The van der Waals surface area contributed by atoms with Gasteiger partial charge in [0.15, 0.2) is 0 Å². The van der Waals surface area contributed by atoms with Crippen LogP contribution in [0.3, 0.4) is 0 Å². The first kappa shape index (κ1) is 19.8. The van der Waals surface area contributed by atoms with Crippen molar-refractivity contribution in [3.63, 3.8) is 0 Å². The molecule has 0 unspecified atom stereocenters. The number of anilines is 2. The molecular formula is C20H18ClF2N3O2. The standard InChI is InChI=1S/C20H18ClF2N3O2/c1-3-13-5-6-14(22)9-17(13)24-20-25-19(27)18(28-2)11-26(20)10-12-4-7-16(23)15(21)8-12/h4-9,11H,3,10H2,1-2H3,(H,24,25,27). The van der Waals surface area contributed by atoms with E-state index in [1.54, 1.807) is 16.7 Å². The first-order valence-corrected chi connectivity index (χ1v) is 8.94. The molecule has 1 N–H and O–H groups in total. The fraction of sp³-hybridized carbons (Fsp3) is 0.200. The Kier molecular flexibility index (Phi) is 5.94. The smallest absolute Gasteiger partial charge is 0.316 e. The highest BCUT2D eigenvalue weighted by molar-refractivity contribution is 6.30. The Balaban J connectivity index is 2.05. The molecule has 0 bridgehead atoms. The fourth-order valence-corrected chi connectivity index (χ4v) is 2.97. The monoisotopic (exact) mass is 405 g/mol. The van der Waals surface area contributed by atoms with Gasteiger partial charge >= 0.3 is 5.56 Å². The van der Waals surface area contributed by atoms with Crippen LogP contribution in [0.15, 0.2) is 47.4 Å². The molecule has 3 aromatic rings. The number of benzene rings is 2. The van der Waals surface area contributed by atoms with E-state index >= 15 is 0 Å². The number of methoxy groups -OCH3 is 1. The lowest BCUT2D eigenvalue weighted by Gasteiger charge is -2.17. The number of aryl methyl sites for hydroxylation is 1. The van der Waals surface area contributed by atoms with E-state index in [9.17, 15) is 13.6 Å². The second kappa shape index (κ2) is 8.39. The van der Waals surface area contributed by atoms with Crippen molar-refractivity contribution in [1.29, 1.82) is 0 Å². The van der Waals surface area contributed by atoms with Gasteiger partial charge in [0, 0.05) is 5.69 Å². The third kappa shape index (κ3) is 4.31. The van der Waals surface area contributed by atoms with E-state index in [-0.39, 0.29) is 23.3 Å². The number of halogens is 3. The minimum Gasteiger partial charge on any atom is -0.490 e. The highest BCUT2D eigenvalue weighted by Crippen LogP contribution is 2.23. The summed E-state index contributed by atoms with van der Waals surface area (Å²) >= 11 is 5.86. The summed E-state index contributed by atoms with van der Waals surface area (Å²) in [6, 6.07) is 8.72. The summed E-state index contributed by atoms with van der Waals surface area (Å²) in [6.07, 6.45) is 2.15. The maximum Gasteiger partial charge on any atom is 0.316 e. The Labute approximate surface area is 165 Å². The van der Waals surface area contributed by atoms with Crippen molar-refractivity contribution in [3.05, 3.63) is 80.7 Å². The van der Waals surface area contributed by atoms with Gasteiger partial charge in [-0.3, -0.25) is 4.79 Å². The van der Waals surface area contributed by atoms with Crippen LogP contribution in [0.4, 0.5) is 20.4 Å². The van der Waals surface area contributed by atoms with E-state index in [1.807, 2.05) is 6.92 Å². The number of nitrogens with zero attached hydrogens (tertiary/aromatic N) is 2. The van der Waals surface area contributed by atoms with Gasteiger partial charge in [0.05, 0.1) is 24.9 Å². The van der Waals surface area contributed by atoms with Gasteiger partial charge in [-0.1, -0.05) is 30.7 Å². The summed E-state index contributed by atoms with van der Waals surface area (Å²) in [6.45, 7) is 2.18. The molecule has 0 aliphatic rings. The Morgan fingerprint density at radius 2 is 2.00 bits per heavy atom. The molecule has 0 radical (unpaired) electrons. The SMILES string of the molecule is CCc1ccc(F)cc1Nc1nc(=O)c(OC)cn1Cc1ccc(F)c(Cl)c1. The summed E-state index contributed by atoms with van der Waals surface area (Å²) in [5.41, 5.74) is 1.50. The highest BCUT2D eigenvalue weighted by Gasteiger charge is 2.13. The summed E-state index contributed by atoms with van der Waals surface area (Å²) in [7, 11) is 1.37. The van der Waals surface area contributed by atoms with Gasteiger partial charge in [0.1, 0.15) is 11.6 Å². The molecule has 2 aromatic carbocycles. The molecule has 0 spiro atoms. The van der Waals surface area contributed by atoms with Crippen LogP contribution in [0, 0.1) is 11.6 Å². The van der Waals surface area contributed by atoms with Crippen LogP contribution in [0.2, 0.25) is 5.02 Å². The average Bonchev–Trinajstić information content (AvgIpc) is 2.67. The van der Waals surface area contributed by atoms with Crippen molar-refractivity contribution in [2.75, 3.05) is 12.4 Å². The van der Waals surface area contributed by atoms with Gasteiger partial charge in [-0.15, -0.1) is 0 Å². The molecule has 0 amide bonds. The summed E-state index contributed by atoms with van der Waals surface area (Å²) in [5.74, 6) is -0.681. The number of hydrogen-bond donors (Lipinski definition) is 1. The third-order valence-corrected chi connectivity index (χ3v) is 4.51. The summed E-state index contributed by atoms with van der Waals surface area (Å²) in [5, 5.41) is 3.01. The number of hydrogen-bond acceptors (Lipinski definition) is 4. The Hall–Kier alpha value is -2.93. The Morgan fingerprint density at radius 3 is 2.68 bits per heavy atom. The van der Waals surface area contributed by atoms with E-state index in [1.165, 1.54) is 37.6 Å². The number of ether oxygens (including phenoxy) is 1. The lowest BCUT2D eigenvalue weighted by atomic mass is 10.1. The summed E-state index contributed by atoms with van der Waals surface area (Å²) in [4.78, 5) is 16.2. The highest BCUT2D eigenvalue weighted by atomic mass is 35.5. The van der Waals surface area contributed by atoms with Gasteiger partial charge in [0.25, 0.3) is 0 Å². The van der Waals surface area contributed by atoms with E-state index in [0.717, 1.165) is 5.56 Å². The van der Waals surface area contributed by atoms with Crippen molar-refractivity contribution >= 4 is 23.2 Å². The van der Waals surface area contributed by atoms with Crippen molar-refractivity contribution in [3.8, 4) is 5.75 Å². The van der Waals surface area contributed by atoms with Gasteiger partial charge in [-0.05, 0) is 41.8 Å². The Bertz CT molecular complexity index is 1070. The molecule has 0 saturated heterocycles. The third-order valence-electron chi connectivity index (χ3n) is 4.22. The first-order valence-electron chi connectivity index (χ1n) is 8.56. The molecule has 0 aliphatic heterocycles. The van der Waals surface area contributed by atoms with E-state index < -0.39 is 17.2 Å². The summed E-state index contributed by atoms with van der Waals surface area (Å²) < 4.78 is 33.8. The number of rotatable bonds is 6. The molecule has 5 nitrogen and oxygen atoms in total. The zero-order chi connectivity index (χ0) is 20.3. The maximum atomic E-state index is 13.7. The molecule has 1 aromatic heterocycles. The van der Waals surface area contributed by atoms with Crippen molar-refractivity contribution < 1.29 is 13.5 Å². The topological polar surface area (TPSA) is 56.1 Å². The number of aromatic nitrogens is 2. The molecule has 146 valence electrons. The minimum atomic E-state index is -0.562. The predicted molar refractivity (Wildman–Crippen MR) is 105 cm³/mol. The van der Waals surface area contributed by atoms with Crippen molar-refractivity contribution in [1.82, 2.24) is 9.55 Å². The number of nitrogens with one attached hydrogen (secondary N) is 1. The lowest BCUT2D eigenvalue weighted by Crippen LogP contribution is -2.19. The average molecular weight is 406 g/mol. The fourth-order valence-electron chi connectivity index (χ4n) is 2.76. The van der Waals surface area contributed by atoms with Crippen LogP contribution in [0.25, 0.3) is 0 Å². The molecule has 0 saturated carbocycles. The molecule has 8 heteroatoms. The van der Waals surface area contributed by atoms with Gasteiger partial charge in [-0.2, -0.15) is 4.98 Å². The zero-order valence-corrected chi connectivity index (χ0v) is 16.1. The molecule has 0 aliphatic carbocycles. The molecular weight excluding hydrogens is 388 g/mol. The normalized spacial score (nSPS) is 10.8. The van der Waals surface area contributed by atoms with Gasteiger partial charge in [-0.25, -0.2) is 8.78 Å². The van der Waals surface area contributed by atoms with E-state index in [0.29, 0.717) is 17.7 Å². The maximum absolute atomic E-state index is 13.7. The lowest BCUT2D eigenvalue weighted by molar-refractivity contribution is 0.402. The molecule has 0 fully saturated rings. The van der Waals surface area contributed by atoms with E-state index in [2.05, 4.69) is 10.3 Å². The van der Waals surface area contributed by atoms with E-state index in [4.69, 9.17) is 16.3 Å². The van der Waals surface area contributed by atoms with Crippen LogP contribution in [-0.2, 0) is 13.0 Å². The molecule has 28 heavy (non-hydrogen) atoms. The van der Waals surface area contributed by atoms with Crippen LogP contribution < -0.4 is 15.6 Å². The molecule has 1 heterocycles. The minimum absolute atomic E-state index is 0.00798. The quantitative estimate of drug-likeness (QED) is 0.654. The first-order chi connectivity index (χ1) is 13.4. The van der Waals surface area contributed by atoms with Gasteiger partial charge in [0.2, 0.25) is 11.7 Å². The Morgan fingerprint density at radius 1 is 1.21 bits per heavy atom. The second-order valence-electron chi connectivity index (χ2n) is 6.09. The molecule has 3 rings (SSSR count).